The van der Waals surface area contributed by atoms with Crippen molar-refractivity contribution in [1.29, 1.82) is 5.26 Å². The molecule has 0 bridgehead atoms. The minimum Gasteiger partial charge on any atom is -0.350 e. The second kappa shape index (κ2) is 14.0. The summed E-state index contributed by atoms with van der Waals surface area (Å²) < 4.78 is 20.6. The van der Waals surface area contributed by atoms with Crippen molar-refractivity contribution >= 4 is 53.4 Å². The summed E-state index contributed by atoms with van der Waals surface area (Å²) in [5.74, 6) is 4.92. The Hall–Kier alpha value is -5.62. The average Bonchev–Trinajstić information content (AvgIpc) is 3.76. The number of rotatable bonds is 6. The normalized spacial score (nSPS) is 10.7. The summed E-state index contributed by atoms with van der Waals surface area (Å²) in [6, 6.07) is 14.2. The molecule has 0 aliphatic carbocycles. The Morgan fingerprint density at radius 3 is 2.48 bits per heavy atom. The van der Waals surface area contributed by atoms with Crippen LogP contribution >= 0.6 is 24.8 Å². The van der Waals surface area contributed by atoms with Crippen LogP contribution in [0.25, 0.3) is 11.3 Å². The lowest BCUT2D eigenvalue weighted by Crippen LogP contribution is -2.18. The fourth-order valence-electron chi connectivity index (χ4n) is 4.97. The van der Waals surface area contributed by atoms with E-state index in [-0.39, 0.29) is 30.4 Å². The molecule has 6 aromatic rings. The van der Waals surface area contributed by atoms with Crippen LogP contribution in [-0.4, -0.2) is 34.6 Å². The van der Waals surface area contributed by atoms with E-state index in [4.69, 9.17) is 0 Å². The lowest BCUT2D eigenvalue weighted by atomic mass is 9.86. The summed E-state index contributed by atoms with van der Waals surface area (Å²) >= 11 is 0. The van der Waals surface area contributed by atoms with Crippen molar-refractivity contribution in [3.63, 3.8) is 0 Å². The first kappa shape index (κ1) is 35.2. The van der Waals surface area contributed by atoms with Gasteiger partial charge in [-0.15, -0.1) is 24.8 Å². The highest BCUT2D eigenvalue weighted by Crippen LogP contribution is 2.29. The van der Waals surface area contributed by atoms with Crippen LogP contribution in [0.15, 0.2) is 79.8 Å². The predicted octanol–water partition coefficient (Wildman–Crippen LogP) is 7.05. The number of aryl methyl sites for hydroxylation is 3. The maximum absolute atomic E-state index is 15.2. The van der Waals surface area contributed by atoms with Gasteiger partial charge in [0.25, 0.3) is 5.91 Å². The summed E-state index contributed by atoms with van der Waals surface area (Å²) in [5, 5.41) is 20.1. The van der Waals surface area contributed by atoms with Crippen molar-refractivity contribution in [1.82, 2.24) is 28.7 Å². The molecule has 48 heavy (non-hydrogen) atoms. The Kier molecular flexibility index (Phi) is 10.3. The molecule has 0 unspecified atom stereocenters. The number of benzene rings is 2. The highest BCUT2D eigenvalue weighted by molar-refractivity contribution is 6.05. The summed E-state index contributed by atoms with van der Waals surface area (Å²) in [4.78, 5) is 22.3. The summed E-state index contributed by atoms with van der Waals surface area (Å²) in [5.41, 5.74) is 5.65. The maximum atomic E-state index is 15.2. The minimum atomic E-state index is -0.837. The van der Waals surface area contributed by atoms with E-state index in [1.807, 2.05) is 55.2 Å². The van der Waals surface area contributed by atoms with E-state index in [1.54, 1.807) is 60.9 Å². The van der Waals surface area contributed by atoms with Gasteiger partial charge in [0.15, 0.2) is 5.65 Å². The number of nitrogens with one attached hydrogen (secondary N) is 2. The van der Waals surface area contributed by atoms with Crippen LogP contribution in [-0.2, 0) is 12.5 Å². The van der Waals surface area contributed by atoms with Crippen molar-refractivity contribution in [2.75, 3.05) is 10.6 Å². The minimum absolute atomic E-state index is 0. The number of aromatic nitrogens is 6. The molecule has 0 aliphatic rings. The first-order chi connectivity index (χ1) is 22.0. The Morgan fingerprint density at radius 1 is 1.00 bits per heavy atom. The van der Waals surface area contributed by atoms with Gasteiger partial charge in [-0.05, 0) is 87.2 Å². The first-order valence-electron chi connectivity index (χ1n) is 14.4. The molecule has 4 aromatic heterocycles. The fraction of sp³-hybridized carbons (Fsp3) is 0.171. The Bertz CT molecular complexity index is 2250. The number of carbonyl (C=O) groups excluding carboxylic acids is 1. The molecule has 1 amide bonds. The van der Waals surface area contributed by atoms with E-state index in [0.29, 0.717) is 39.4 Å². The third-order valence-corrected chi connectivity index (χ3v) is 7.59. The Labute approximate surface area is 289 Å². The number of carbonyl (C=O) groups is 1. The molecule has 0 fully saturated rings. The van der Waals surface area contributed by atoms with Crippen LogP contribution in [0.1, 0.15) is 52.3 Å². The van der Waals surface area contributed by atoms with E-state index in [0.717, 1.165) is 17.1 Å². The van der Waals surface area contributed by atoms with Gasteiger partial charge in [-0.2, -0.15) is 10.4 Å². The quantitative estimate of drug-likeness (QED) is 0.182. The van der Waals surface area contributed by atoms with Crippen LogP contribution in [0.3, 0.4) is 0 Å². The number of nitrogens with zero attached hydrogens (tertiary/aromatic N) is 7. The van der Waals surface area contributed by atoms with Gasteiger partial charge in [-0.25, -0.2) is 14.4 Å². The Morgan fingerprint density at radius 2 is 1.79 bits per heavy atom. The molecule has 0 atom stereocenters. The molecule has 244 valence electrons. The third kappa shape index (κ3) is 7.18. The zero-order valence-corrected chi connectivity index (χ0v) is 28.4. The van der Waals surface area contributed by atoms with Gasteiger partial charge < -0.3 is 15.2 Å². The van der Waals surface area contributed by atoms with E-state index in [2.05, 4.69) is 43.6 Å². The Balaban J connectivity index is 0.00000260. The van der Waals surface area contributed by atoms with Gasteiger partial charge in [0.1, 0.15) is 11.5 Å². The molecule has 6 rings (SSSR count). The number of imidazole rings is 2. The number of hydrogen-bond acceptors (Lipinski definition) is 6. The topological polar surface area (TPSA) is 118 Å². The number of pyridine rings is 1. The molecular weight excluding hydrogens is 652 g/mol. The highest BCUT2D eigenvalue weighted by Gasteiger charge is 2.23. The van der Waals surface area contributed by atoms with Gasteiger partial charge in [-0.1, -0.05) is 5.92 Å². The lowest BCUT2D eigenvalue weighted by molar-refractivity contribution is 0.102. The summed E-state index contributed by atoms with van der Waals surface area (Å²) in [6.07, 6.45) is 10.6. The summed E-state index contributed by atoms with van der Waals surface area (Å²) in [6.45, 7) is 7.20. The molecule has 0 aliphatic heterocycles. The van der Waals surface area contributed by atoms with Gasteiger partial charge in [-0.3, -0.25) is 13.9 Å². The zero-order chi connectivity index (χ0) is 32.6. The van der Waals surface area contributed by atoms with Crippen molar-refractivity contribution in [3.8, 4) is 23.6 Å². The lowest BCUT2D eigenvalue weighted by Gasteiger charge is -2.19. The van der Waals surface area contributed by atoms with Crippen LogP contribution < -0.4 is 10.6 Å². The predicted molar refractivity (Wildman–Crippen MR) is 188 cm³/mol. The molecule has 2 aromatic carbocycles. The standard InChI is InChI=1S/C35H30FN9O.2ClH/c1-22-11-31(36)30(34(46)42-26-13-25(35(3,4)20-37)14-29(15-26)44-18-23(2)39-21-44)12-24(22)8-9-28-17-38-33-32(7-6-10-45(28)33)41-27-16-40-43(5)19-27;;/h6-7,10-19,21,41H,1-5H3,(H,42,46);2*1H. The van der Waals surface area contributed by atoms with Crippen molar-refractivity contribution < 1.29 is 9.18 Å². The average molecular weight is 685 g/mol. The number of halogens is 3. The van der Waals surface area contributed by atoms with E-state index >= 15 is 4.39 Å². The van der Waals surface area contributed by atoms with Crippen molar-refractivity contribution in [2.24, 2.45) is 7.05 Å². The molecule has 13 heteroatoms. The monoisotopic (exact) mass is 683 g/mol. The molecule has 10 nitrogen and oxygen atoms in total. The number of fused-ring (bicyclic) bond motifs is 1. The van der Waals surface area contributed by atoms with Crippen LogP contribution in [0.2, 0.25) is 0 Å². The smallest absolute Gasteiger partial charge is 0.258 e. The highest BCUT2D eigenvalue weighted by atomic mass is 35.5. The number of hydrogen-bond donors (Lipinski definition) is 2. The number of nitriles is 1. The van der Waals surface area contributed by atoms with E-state index < -0.39 is 17.1 Å². The SMILES string of the molecule is Cc1cn(-c2cc(NC(=O)c3cc(C#Cc4cnc5c(Nc6cnn(C)c6)cccn45)c(C)cc3F)cc(C(C)(C)C#N)c2)cn1.Cl.Cl. The van der Waals surface area contributed by atoms with Crippen LogP contribution in [0.4, 0.5) is 21.5 Å². The first-order valence-corrected chi connectivity index (χ1v) is 14.4. The van der Waals surface area contributed by atoms with Crippen molar-refractivity contribution in [2.45, 2.75) is 33.1 Å². The molecule has 0 spiro atoms. The van der Waals surface area contributed by atoms with Crippen LogP contribution in [0, 0.1) is 42.8 Å². The van der Waals surface area contributed by atoms with Crippen LogP contribution in [0.5, 0.6) is 0 Å². The molecule has 2 N–H and O–H groups in total. The second-order valence-electron chi connectivity index (χ2n) is 11.6. The fourth-order valence-corrected chi connectivity index (χ4v) is 4.97. The molecule has 4 heterocycles. The van der Waals surface area contributed by atoms with Gasteiger partial charge in [0.2, 0.25) is 0 Å². The van der Waals surface area contributed by atoms with Gasteiger partial charge in [0.05, 0.1) is 52.8 Å². The third-order valence-electron chi connectivity index (χ3n) is 7.59. The zero-order valence-electron chi connectivity index (χ0n) is 26.7. The van der Waals surface area contributed by atoms with Gasteiger partial charge >= 0.3 is 0 Å². The van der Waals surface area contributed by atoms with E-state index in [9.17, 15) is 10.1 Å². The molecule has 0 radical (unpaired) electrons. The largest absolute Gasteiger partial charge is 0.350 e. The number of amides is 1. The molecule has 0 saturated carbocycles. The number of anilines is 3. The van der Waals surface area contributed by atoms with E-state index in [1.165, 1.54) is 12.1 Å². The summed E-state index contributed by atoms with van der Waals surface area (Å²) in [7, 11) is 1.84. The molecular formula is C35H32Cl2FN9O. The molecule has 0 saturated heterocycles. The maximum Gasteiger partial charge on any atom is 0.258 e. The van der Waals surface area contributed by atoms with Crippen molar-refractivity contribution in [3.05, 3.63) is 119 Å². The second-order valence-corrected chi connectivity index (χ2v) is 11.6. The van der Waals surface area contributed by atoms with Gasteiger partial charge in [0, 0.05) is 42.6 Å².